The van der Waals surface area contributed by atoms with Gasteiger partial charge in [-0.3, -0.25) is 4.79 Å². The lowest BCUT2D eigenvalue weighted by Gasteiger charge is -2.30. The van der Waals surface area contributed by atoms with Gasteiger partial charge in [-0.05, 0) is 38.4 Å². The van der Waals surface area contributed by atoms with Gasteiger partial charge >= 0.3 is 0 Å². The summed E-state index contributed by atoms with van der Waals surface area (Å²) < 4.78 is 13.8. The molecule has 2 N–H and O–H groups in total. The first-order valence-corrected chi connectivity index (χ1v) is 7.13. The van der Waals surface area contributed by atoms with Crippen LogP contribution in [0.4, 0.5) is 4.39 Å². The predicted molar refractivity (Wildman–Crippen MR) is 75.3 cm³/mol. The van der Waals surface area contributed by atoms with Crippen molar-refractivity contribution in [3.63, 3.8) is 0 Å². The number of carbonyl (C=O) groups excluding carboxylic acids is 1. The second-order valence-electron chi connectivity index (χ2n) is 5.12. The summed E-state index contributed by atoms with van der Waals surface area (Å²) in [6.07, 6.45) is 3.33. The van der Waals surface area contributed by atoms with Crippen LogP contribution in [-0.2, 0) is 0 Å². The molecule has 1 fully saturated rings. The molecule has 110 valence electrons. The number of likely N-dealkylation sites (N-methyl/N-ethyl adjacent to an activating group) is 1. The molecule has 1 aromatic rings. The first-order valence-electron chi connectivity index (χ1n) is 7.13. The summed E-state index contributed by atoms with van der Waals surface area (Å²) in [6, 6.07) is 4.17. The maximum atomic E-state index is 13.8. The smallest absolute Gasteiger partial charge is 0.260 e. The molecule has 1 aliphatic rings. The third kappa shape index (κ3) is 3.28. The number of hydrogen-bond donors (Lipinski definition) is 2. The molecule has 0 radical (unpaired) electrons. The zero-order valence-electron chi connectivity index (χ0n) is 11.7. The Morgan fingerprint density at radius 2 is 2.30 bits per heavy atom. The highest BCUT2D eigenvalue weighted by Crippen LogP contribution is 2.22. The van der Waals surface area contributed by atoms with Gasteiger partial charge in [0.25, 0.3) is 5.91 Å². The van der Waals surface area contributed by atoms with Gasteiger partial charge in [-0.25, -0.2) is 4.39 Å². The van der Waals surface area contributed by atoms with Crippen molar-refractivity contribution in [1.29, 1.82) is 0 Å². The quantitative estimate of drug-likeness (QED) is 0.888. The van der Waals surface area contributed by atoms with Gasteiger partial charge in [-0.1, -0.05) is 12.5 Å². The van der Waals surface area contributed by atoms with Crippen LogP contribution in [-0.4, -0.2) is 41.6 Å². The SMILES string of the molecule is CCN(CC1CCCCN1)C(=O)c1c(O)cccc1F. The Morgan fingerprint density at radius 3 is 2.90 bits per heavy atom. The normalized spacial score (nSPS) is 18.8. The number of nitrogens with zero attached hydrogens (tertiary/aromatic N) is 1. The van der Waals surface area contributed by atoms with Crippen LogP contribution in [0.2, 0.25) is 0 Å². The van der Waals surface area contributed by atoms with Gasteiger partial charge < -0.3 is 15.3 Å². The molecule has 0 aliphatic carbocycles. The van der Waals surface area contributed by atoms with Gasteiger partial charge in [0, 0.05) is 19.1 Å². The molecule has 0 aromatic heterocycles. The van der Waals surface area contributed by atoms with Crippen LogP contribution in [0.5, 0.6) is 5.75 Å². The Hall–Kier alpha value is -1.62. The maximum Gasteiger partial charge on any atom is 0.260 e. The zero-order chi connectivity index (χ0) is 14.5. The van der Waals surface area contributed by atoms with Crippen LogP contribution in [0.15, 0.2) is 18.2 Å². The molecule has 1 aromatic carbocycles. The van der Waals surface area contributed by atoms with E-state index in [1.54, 1.807) is 4.90 Å². The minimum atomic E-state index is -0.676. The molecule has 4 nitrogen and oxygen atoms in total. The van der Waals surface area contributed by atoms with E-state index in [2.05, 4.69) is 5.32 Å². The molecule has 1 heterocycles. The number of rotatable bonds is 4. The number of phenols is 1. The molecule has 20 heavy (non-hydrogen) atoms. The molecule has 0 saturated carbocycles. The molecule has 1 atom stereocenters. The summed E-state index contributed by atoms with van der Waals surface area (Å²) >= 11 is 0. The van der Waals surface area contributed by atoms with E-state index in [9.17, 15) is 14.3 Å². The molecule has 1 unspecified atom stereocenters. The van der Waals surface area contributed by atoms with Crippen molar-refractivity contribution in [2.45, 2.75) is 32.2 Å². The first kappa shape index (κ1) is 14.8. The fraction of sp³-hybridized carbons (Fsp3) is 0.533. The van der Waals surface area contributed by atoms with E-state index in [0.29, 0.717) is 13.1 Å². The highest BCUT2D eigenvalue weighted by Gasteiger charge is 2.24. The van der Waals surface area contributed by atoms with E-state index in [4.69, 9.17) is 0 Å². The van der Waals surface area contributed by atoms with Crippen molar-refractivity contribution in [2.24, 2.45) is 0 Å². The highest BCUT2D eigenvalue weighted by molar-refractivity contribution is 5.97. The van der Waals surface area contributed by atoms with Crippen LogP contribution >= 0.6 is 0 Å². The van der Waals surface area contributed by atoms with Crippen molar-refractivity contribution in [2.75, 3.05) is 19.6 Å². The number of amides is 1. The van der Waals surface area contributed by atoms with E-state index < -0.39 is 11.7 Å². The predicted octanol–water partition coefficient (Wildman–Crippen LogP) is 2.14. The fourth-order valence-corrected chi connectivity index (χ4v) is 2.58. The van der Waals surface area contributed by atoms with Crippen molar-refractivity contribution < 1.29 is 14.3 Å². The van der Waals surface area contributed by atoms with Gasteiger partial charge in [-0.2, -0.15) is 0 Å². The van der Waals surface area contributed by atoms with E-state index in [1.807, 2.05) is 6.92 Å². The van der Waals surface area contributed by atoms with E-state index in [0.717, 1.165) is 25.8 Å². The number of nitrogens with one attached hydrogen (secondary N) is 1. The molecule has 1 aliphatic heterocycles. The number of carbonyl (C=O) groups is 1. The Morgan fingerprint density at radius 1 is 1.50 bits per heavy atom. The number of phenolic OH excluding ortho intramolecular Hbond substituents is 1. The number of benzene rings is 1. The van der Waals surface area contributed by atoms with Crippen molar-refractivity contribution in [3.05, 3.63) is 29.6 Å². The number of halogens is 1. The molecule has 2 rings (SSSR count). The van der Waals surface area contributed by atoms with E-state index in [1.165, 1.54) is 18.2 Å². The largest absolute Gasteiger partial charge is 0.507 e. The Labute approximate surface area is 118 Å². The van der Waals surface area contributed by atoms with Crippen molar-refractivity contribution in [1.82, 2.24) is 10.2 Å². The Kier molecular flexibility index (Phi) is 4.95. The summed E-state index contributed by atoms with van der Waals surface area (Å²) in [6.45, 7) is 3.86. The average molecular weight is 280 g/mol. The lowest BCUT2D eigenvalue weighted by Crippen LogP contribution is -2.45. The van der Waals surface area contributed by atoms with Crippen LogP contribution in [0.25, 0.3) is 0 Å². The Balaban J connectivity index is 2.12. The fourth-order valence-electron chi connectivity index (χ4n) is 2.58. The third-order valence-electron chi connectivity index (χ3n) is 3.73. The molecular weight excluding hydrogens is 259 g/mol. The number of piperidine rings is 1. The lowest BCUT2D eigenvalue weighted by atomic mass is 10.0. The van der Waals surface area contributed by atoms with Gasteiger partial charge in [0.1, 0.15) is 17.1 Å². The number of hydrogen-bond acceptors (Lipinski definition) is 3. The molecule has 1 saturated heterocycles. The summed E-state index contributed by atoms with van der Waals surface area (Å²) in [5.74, 6) is -1.43. The molecular formula is C15H21FN2O2. The van der Waals surface area contributed by atoms with Gasteiger partial charge in [0.15, 0.2) is 0 Å². The van der Waals surface area contributed by atoms with Gasteiger partial charge in [0.2, 0.25) is 0 Å². The van der Waals surface area contributed by atoms with Crippen molar-refractivity contribution >= 4 is 5.91 Å². The van der Waals surface area contributed by atoms with E-state index in [-0.39, 0.29) is 17.4 Å². The van der Waals surface area contributed by atoms with Gasteiger partial charge in [0.05, 0.1) is 0 Å². The standard InChI is InChI=1S/C15H21FN2O2/c1-2-18(10-11-6-3-4-9-17-11)15(20)14-12(16)7-5-8-13(14)19/h5,7-8,11,17,19H,2-4,6,9-10H2,1H3. The monoisotopic (exact) mass is 280 g/mol. The molecule has 0 bridgehead atoms. The third-order valence-corrected chi connectivity index (χ3v) is 3.73. The summed E-state index contributed by atoms with van der Waals surface area (Å²) in [5.41, 5.74) is -0.231. The summed E-state index contributed by atoms with van der Waals surface area (Å²) in [7, 11) is 0. The van der Waals surface area contributed by atoms with Crippen LogP contribution in [0, 0.1) is 5.82 Å². The van der Waals surface area contributed by atoms with Crippen LogP contribution < -0.4 is 5.32 Å². The Bertz CT molecular complexity index is 453. The van der Waals surface area contributed by atoms with Gasteiger partial charge in [-0.15, -0.1) is 0 Å². The molecule has 5 heteroatoms. The van der Waals surface area contributed by atoms with Crippen LogP contribution in [0.3, 0.4) is 0 Å². The van der Waals surface area contributed by atoms with Crippen molar-refractivity contribution in [3.8, 4) is 5.75 Å². The second-order valence-corrected chi connectivity index (χ2v) is 5.12. The lowest BCUT2D eigenvalue weighted by molar-refractivity contribution is 0.0733. The summed E-state index contributed by atoms with van der Waals surface area (Å²) in [5, 5.41) is 13.1. The average Bonchev–Trinajstić information content (AvgIpc) is 2.45. The van der Waals surface area contributed by atoms with E-state index >= 15 is 0 Å². The van der Waals surface area contributed by atoms with Crippen LogP contribution in [0.1, 0.15) is 36.5 Å². The maximum absolute atomic E-state index is 13.8. The second kappa shape index (κ2) is 6.70. The minimum absolute atomic E-state index is 0.231. The minimum Gasteiger partial charge on any atom is -0.507 e. The zero-order valence-corrected chi connectivity index (χ0v) is 11.7. The topological polar surface area (TPSA) is 52.6 Å². The molecule has 0 spiro atoms. The number of aromatic hydroxyl groups is 1. The highest BCUT2D eigenvalue weighted by atomic mass is 19.1. The first-order chi connectivity index (χ1) is 9.63. The molecule has 1 amide bonds. The summed E-state index contributed by atoms with van der Waals surface area (Å²) in [4.78, 5) is 14.0.